The van der Waals surface area contributed by atoms with E-state index in [-0.39, 0.29) is 24.0 Å². The molecule has 1 aliphatic rings. The molecule has 0 radical (unpaired) electrons. The van der Waals surface area contributed by atoms with Crippen LogP contribution < -0.4 is 10.6 Å². The van der Waals surface area contributed by atoms with E-state index in [1.165, 1.54) is 25.8 Å². The Labute approximate surface area is 162 Å². The van der Waals surface area contributed by atoms with Gasteiger partial charge in [-0.15, -0.1) is 34.2 Å². The van der Waals surface area contributed by atoms with Crippen LogP contribution in [0.5, 0.6) is 0 Å². The number of likely N-dealkylation sites (tertiary alicyclic amines) is 1. The number of halogens is 1. The van der Waals surface area contributed by atoms with Crippen molar-refractivity contribution >= 4 is 29.9 Å². The number of guanidine groups is 1. The van der Waals surface area contributed by atoms with Crippen molar-refractivity contribution in [1.29, 1.82) is 0 Å². The molecule has 2 N–H and O–H groups in total. The molecule has 24 heavy (non-hydrogen) atoms. The normalized spacial score (nSPS) is 19.0. The number of piperidine rings is 1. The van der Waals surface area contributed by atoms with Gasteiger partial charge in [0, 0.05) is 39.1 Å². The number of nitrogens with zero attached hydrogens (tertiary/aromatic N) is 5. The average molecular weight is 449 g/mol. The number of rotatable bonds is 7. The first-order chi connectivity index (χ1) is 11.3. The smallest absolute Gasteiger partial charge is 0.191 e. The molecule has 1 aliphatic heterocycles. The maximum atomic E-state index is 4.32. The quantitative estimate of drug-likeness (QED) is 0.375. The molecule has 0 amide bonds. The first-order valence-electron chi connectivity index (χ1n) is 8.83. The van der Waals surface area contributed by atoms with Gasteiger partial charge in [-0.1, -0.05) is 20.3 Å². The Morgan fingerprint density at radius 2 is 2.17 bits per heavy atom. The SMILES string of the molecule is CCc1nncn1CCNC(=NC)NCC1CCCCN1CC.I. The fourth-order valence-electron chi connectivity index (χ4n) is 3.18. The Morgan fingerprint density at radius 3 is 2.88 bits per heavy atom. The summed E-state index contributed by atoms with van der Waals surface area (Å²) >= 11 is 0. The second-order valence-corrected chi connectivity index (χ2v) is 5.95. The van der Waals surface area contributed by atoms with E-state index in [4.69, 9.17) is 0 Å². The molecule has 1 saturated heterocycles. The Kier molecular flexibility index (Phi) is 10.2. The first-order valence-corrected chi connectivity index (χ1v) is 8.83. The highest BCUT2D eigenvalue weighted by Gasteiger charge is 2.20. The van der Waals surface area contributed by atoms with Crippen molar-refractivity contribution in [1.82, 2.24) is 30.3 Å². The fraction of sp³-hybridized carbons (Fsp3) is 0.812. The predicted octanol–water partition coefficient (Wildman–Crippen LogP) is 1.50. The minimum absolute atomic E-state index is 0. The standard InChI is InChI=1S/C16H31N7.HI/c1-4-15-21-20-13-23(15)11-9-18-16(17-3)19-12-14-8-6-7-10-22(14)5-2;/h13-14H,4-12H2,1-3H3,(H2,17,18,19);1H. The molecule has 0 saturated carbocycles. The number of hydrogen-bond donors (Lipinski definition) is 2. The summed E-state index contributed by atoms with van der Waals surface area (Å²) in [7, 11) is 1.82. The van der Waals surface area contributed by atoms with Gasteiger partial charge >= 0.3 is 0 Å². The second kappa shape index (κ2) is 11.6. The third kappa shape index (κ3) is 6.19. The molecule has 0 aromatic carbocycles. The predicted molar refractivity (Wildman–Crippen MR) is 109 cm³/mol. The van der Waals surface area contributed by atoms with E-state index >= 15 is 0 Å². The van der Waals surface area contributed by atoms with Crippen molar-refractivity contribution in [2.45, 2.75) is 52.1 Å². The zero-order valence-electron chi connectivity index (χ0n) is 15.2. The van der Waals surface area contributed by atoms with Crippen LogP contribution in [0.3, 0.4) is 0 Å². The van der Waals surface area contributed by atoms with Crippen molar-refractivity contribution in [3.05, 3.63) is 12.2 Å². The van der Waals surface area contributed by atoms with Gasteiger partial charge < -0.3 is 15.2 Å². The number of aromatic nitrogens is 3. The highest BCUT2D eigenvalue weighted by Crippen LogP contribution is 2.15. The molecule has 7 nitrogen and oxygen atoms in total. The number of aryl methyl sites for hydroxylation is 1. The van der Waals surface area contributed by atoms with Gasteiger partial charge in [-0.3, -0.25) is 9.89 Å². The number of nitrogens with one attached hydrogen (secondary N) is 2. The topological polar surface area (TPSA) is 70.4 Å². The van der Waals surface area contributed by atoms with Crippen LogP contribution in [0.15, 0.2) is 11.3 Å². The van der Waals surface area contributed by atoms with E-state index in [0.29, 0.717) is 6.04 Å². The van der Waals surface area contributed by atoms with Crippen LogP contribution >= 0.6 is 24.0 Å². The summed E-state index contributed by atoms with van der Waals surface area (Å²) in [6.45, 7) is 9.32. The van der Waals surface area contributed by atoms with Crippen molar-refractivity contribution < 1.29 is 0 Å². The average Bonchev–Trinajstić information content (AvgIpc) is 3.05. The fourth-order valence-corrected chi connectivity index (χ4v) is 3.18. The van der Waals surface area contributed by atoms with Crippen LogP contribution in [0.1, 0.15) is 38.9 Å². The Hall–Kier alpha value is -0.900. The molecule has 2 rings (SSSR count). The molecular weight excluding hydrogens is 417 g/mol. The summed E-state index contributed by atoms with van der Waals surface area (Å²) in [4.78, 5) is 6.88. The minimum atomic E-state index is 0. The summed E-state index contributed by atoms with van der Waals surface area (Å²) < 4.78 is 2.08. The number of likely N-dealkylation sites (N-methyl/N-ethyl adjacent to an activating group) is 1. The Balaban J connectivity index is 0.00000288. The summed E-state index contributed by atoms with van der Waals surface area (Å²) in [5.41, 5.74) is 0. The molecule has 1 aromatic heterocycles. The van der Waals surface area contributed by atoms with Crippen LogP contribution in [0.25, 0.3) is 0 Å². The second-order valence-electron chi connectivity index (χ2n) is 5.95. The van der Waals surface area contributed by atoms with E-state index in [0.717, 1.165) is 44.4 Å². The van der Waals surface area contributed by atoms with Gasteiger partial charge in [-0.25, -0.2) is 0 Å². The summed E-state index contributed by atoms with van der Waals surface area (Å²) in [5, 5.41) is 14.9. The van der Waals surface area contributed by atoms with E-state index < -0.39 is 0 Å². The Bertz CT molecular complexity index is 489. The van der Waals surface area contributed by atoms with Crippen LogP contribution in [0.2, 0.25) is 0 Å². The monoisotopic (exact) mass is 449 g/mol. The maximum absolute atomic E-state index is 4.32. The van der Waals surface area contributed by atoms with Gasteiger partial charge in [0.15, 0.2) is 5.96 Å². The third-order valence-corrected chi connectivity index (χ3v) is 4.54. The van der Waals surface area contributed by atoms with E-state index in [1.807, 2.05) is 7.05 Å². The lowest BCUT2D eigenvalue weighted by molar-refractivity contribution is 0.157. The van der Waals surface area contributed by atoms with Crippen LogP contribution in [0, 0.1) is 0 Å². The maximum Gasteiger partial charge on any atom is 0.191 e. The minimum Gasteiger partial charge on any atom is -0.355 e. The van der Waals surface area contributed by atoms with Crippen molar-refractivity contribution in [2.75, 3.05) is 33.2 Å². The van der Waals surface area contributed by atoms with Crippen molar-refractivity contribution in [3.63, 3.8) is 0 Å². The zero-order valence-corrected chi connectivity index (χ0v) is 17.5. The summed E-state index contributed by atoms with van der Waals surface area (Å²) in [6.07, 6.45) is 6.64. The molecule has 1 fully saturated rings. The first kappa shape index (κ1) is 21.1. The molecule has 0 aliphatic carbocycles. The van der Waals surface area contributed by atoms with Gasteiger partial charge in [0.25, 0.3) is 0 Å². The molecule has 8 heteroatoms. The van der Waals surface area contributed by atoms with Gasteiger partial charge in [-0.05, 0) is 25.9 Å². The van der Waals surface area contributed by atoms with Crippen LogP contribution in [0.4, 0.5) is 0 Å². The Morgan fingerprint density at radius 1 is 1.33 bits per heavy atom. The largest absolute Gasteiger partial charge is 0.355 e. The molecule has 2 heterocycles. The molecule has 1 aromatic rings. The zero-order chi connectivity index (χ0) is 16.5. The molecule has 0 spiro atoms. The van der Waals surface area contributed by atoms with Crippen LogP contribution in [-0.4, -0.2) is 64.9 Å². The molecule has 0 bridgehead atoms. The highest BCUT2D eigenvalue weighted by molar-refractivity contribution is 14.0. The van der Waals surface area contributed by atoms with Gasteiger partial charge in [-0.2, -0.15) is 0 Å². The van der Waals surface area contributed by atoms with Gasteiger partial charge in [0.2, 0.25) is 0 Å². The molecular formula is C16H32IN7. The molecule has 1 unspecified atom stereocenters. The van der Waals surface area contributed by atoms with Gasteiger partial charge in [0.05, 0.1) is 0 Å². The molecule has 138 valence electrons. The van der Waals surface area contributed by atoms with Crippen molar-refractivity contribution in [2.24, 2.45) is 4.99 Å². The van der Waals surface area contributed by atoms with E-state index in [1.54, 1.807) is 6.33 Å². The highest BCUT2D eigenvalue weighted by atomic mass is 127. The van der Waals surface area contributed by atoms with Crippen molar-refractivity contribution in [3.8, 4) is 0 Å². The lowest BCUT2D eigenvalue weighted by atomic mass is 10.0. The lowest BCUT2D eigenvalue weighted by Gasteiger charge is -2.35. The third-order valence-electron chi connectivity index (χ3n) is 4.54. The van der Waals surface area contributed by atoms with Crippen LogP contribution in [-0.2, 0) is 13.0 Å². The van der Waals surface area contributed by atoms with E-state index in [9.17, 15) is 0 Å². The summed E-state index contributed by atoms with van der Waals surface area (Å²) in [5.74, 6) is 1.90. The lowest BCUT2D eigenvalue weighted by Crippen LogP contribution is -2.49. The van der Waals surface area contributed by atoms with E-state index in [2.05, 4.69) is 49.1 Å². The number of aliphatic imine (C=N–C) groups is 1. The summed E-state index contributed by atoms with van der Waals surface area (Å²) in [6, 6.07) is 0.622. The van der Waals surface area contributed by atoms with Gasteiger partial charge in [0.1, 0.15) is 12.2 Å². The number of hydrogen-bond acceptors (Lipinski definition) is 4. The molecule has 1 atom stereocenters.